The van der Waals surface area contributed by atoms with E-state index in [9.17, 15) is 0 Å². The highest BCUT2D eigenvalue weighted by Crippen LogP contribution is 2.36. The van der Waals surface area contributed by atoms with E-state index in [1.54, 1.807) is 17.1 Å². The van der Waals surface area contributed by atoms with Crippen LogP contribution < -0.4 is 20.1 Å². The van der Waals surface area contributed by atoms with Gasteiger partial charge >= 0.3 is 0 Å². The number of para-hydroxylation sites is 1. The van der Waals surface area contributed by atoms with Crippen LogP contribution >= 0.6 is 0 Å². The molecule has 1 aliphatic heterocycles. The van der Waals surface area contributed by atoms with Crippen LogP contribution in [0.25, 0.3) is 16.7 Å². The molecule has 1 aliphatic rings. The van der Waals surface area contributed by atoms with Gasteiger partial charge in [0.15, 0.2) is 17.1 Å². The number of rotatable bonds is 6. The maximum atomic E-state index is 5.51. The number of hydrogen-bond donors (Lipinski definition) is 2. The summed E-state index contributed by atoms with van der Waals surface area (Å²) in [5.74, 6) is 2.53. The lowest BCUT2D eigenvalue weighted by Crippen LogP contribution is -2.07. The summed E-state index contributed by atoms with van der Waals surface area (Å²) >= 11 is 0. The number of ether oxygens (including phenoxy) is 2. The summed E-state index contributed by atoms with van der Waals surface area (Å²) in [6.07, 6.45) is 5.33. The number of anilines is 3. The Hall–Kier alpha value is -4.66. The number of nitrogens with zero attached hydrogens (tertiary/aromatic N) is 5. The van der Waals surface area contributed by atoms with Gasteiger partial charge in [-0.15, -0.1) is 0 Å². The Morgan fingerprint density at radius 2 is 1.82 bits per heavy atom. The summed E-state index contributed by atoms with van der Waals surface area (Å²) in [6, 6.07) is 19.5. The molecule has 0 atom stereocenters. The van der Waals surface area contributed by atoms with Crippen molar-refractivity contribution in [2.24, 2.45) is 0 Å². The predicted octanol–water partition coefficient (Wildman–Crippen LogP) is 4.29. The first kappa shape index (κ1) is 19.1. The zero-order valence-electron chi connectivity index (χ0n) is 17.5. The van der Waals surface area contributed by atoms with Crippen molar-refractivity contribution in [1.29, 1.82) is 0 Å². The molecule has 0 fully saturated rings. The number of hydrogen-bond acceptors (Lipinski definition) is 8. The van der Waals surface area contributed by atoms with Gasteiger partial charge in [0.2, 0.25) is 12.7 Å². The molecule has 3 aromatic heterocycles. The molecule has 0 saturated heterocycles. The quantitative estimate of drug-likeness (QED) is 0.406. The maximum absolute atomic E-state index is 5.51. The third kappa shape index (κ3) is 3.76. The highest BCUT2D eigenvalue weighted by atomic mass is 16.7. The Kier molecular flexibility index (Phi) is 4.69. The van der Waals surface area contributed by atoms with Gasteiger partial charge in [0.1, 0.15) is 5.82 Å². The van der Waals surface area contributed by atoms with E-state index in [4.69, 9.17) is 19.4 Å². The van der Waals surface area contributed by atoms with Crippen LogP contribution in [0.1, 0.15) is 5.56 Å². The largest absolute Gasteiger partial charge is 0.454 e. The molecular formula is C24H19N7O2. The van der Waals surface area contributed by atoms with E-state index in [-0.39, 0.29) is 6.79 Å². The van der Waals surface area contributed by atoms with E-state index in [2.05, 4.69) is 20.7 Å². The van der Waals surface area contributed by atoms with Crippen molar-refractivity contribution in [2.45, 2.75) is 6.54 Å². The Bertz CT molecular complexity index is 1420. The Labute approximate surface area is 189 Å². The van der Waals surface area contributed by atoms with Crippen molar-refractivity contribution < 1.29 is 9.47 Å². The number of nitrogens with one attached hydrogen (secondary N) is 2. The Morgan fingerprint density at radius 3 is 2.70 bits per heavy atom. The fourth-order valence-electron chi connectivity index (χ4n) is 3.64. The fraction of sp³-hybridized carbons (Fsp3) is 0.0833. The van der Waals surface area contributed by atoms with Crippen LogP contribution in [0.2, 0.25) is 0 Å². The molecule has 5 aromatic rings. The van der Waals surface area contributed by atoms with Gasteiger partial charge < -0.3 is 20.1 Å². The minimum absolute atomic E-state index is 0.225. The minimum atomic E-state index is 0.225. The summed E-state index contributed by atoms with van der Waals surface area (Å²) in [7, 11) is 0. The second kappa shape index (κ2) is 8.12. The molecule has 4 heterocycles. The molecule has 2 N–H and O–H groups in total. The molecule has 9 heteroatoms. The number of benzene rings is 2. The summed E-state index contributed by atoms with van der Waals surface area (Å²) in [5, 5.41) is 12.1. The first-order chi connectivity index (χ1) is 16.3. The van der Waals surface area contributed by atoms with Gasteiger partial charge in [-0.3, -0.25) is 4.98 Å². The predicted molar refractivity (Wildman–Crippen MR) is 124 cm³/mol. The summed E-state index contributed by atoms with van der Waals surface area (Å²) in [6.45, 7) is 0.769. The van der Waals surface area contributed by atoms with E-state index in [0.717, 1.165) is 28.1 Å². The van der Waals surface area contributed by atoms with E-state index in [1.165, 1.54) is 0 Å². The zero-order chi connectivity index (χ0) is 22.0. The van der Waals surface area contributed by atoms with E-state index < -0.39 is 0 Å². The van der Waals surface area contributed by atoms with Gasteiger partial charge in [0, 0.05) is 30.7 Å². The lowest BCUT2D eigenvalue weighted by atomic mass is 10.2. The summed E-state index contributed by atoms with van der Waals surface area (Å²) in [4.78, 5) is 13.7. The first-order valence-corrected chi connectivity index (χ1v) is 10.4. The highest BCUT2D eigenvalue weighted by Gasteiger charge is 2.17. The molecule has 2 aromatic carbocycles. The molecule has 6 rings (SSSR count). The molecule has 0 radical (unpaired) electrons. The minimum Gasteiger partial charge on any atom is -0.454 e. The van der Waals surface area contributed by atoms with Crippen LogP contribution in [0.4, 0.5) is 17.5 Å². The smallest absolute Gasteiger partial charge is 0.231 e. The molecule has 0 aliphatic carbocycles. The van der Waals surface area contributed by atoms with Gasteiger partial charge in [-0.05, 0) is 35.9 Å². The van der Waals surface area contributed by atoms with Crippen LogP contribution in [0, 0.1) is 0 Å². The van der Waals surface area contributed by atoms with Crippen molar-refractivity contribution >= 4 is 28.5 Å². The van der Waals surface area contributed by atoms with Crippen LogP contribution in [-0.4, -0.2) is 31.5 Å². The molecule has 9 nitrogen and oxygen atoms in total. The standard InChI is InChI=1S/C24H19N7O2/c1-2-6-18(7-3-1)31-23-19(14-27-31)22(28-17-8-9-20-21(11-17)33-15-32-20)29-24(30-23)26-13-16-5-4-10-25-12-16/h1-12,14H,13,15H2,(H2,26,28,29,30). The average molecular weight is 437 g/mol. The number of fused-ring (bicyclic) bond motifs is 2. The Balaban J connectivity index is 1.40. The van der Waals surface area contributed by atoms with E-state index >= 15 is 0 Å². The van der Waals surface area contributed by atoms with Crippen molar-refractivity contribution in [3.05, 3.63) is 84.8 Å². The van der Waals surface area contributed by atoms with Crippen molar-refractivity contribution in [3.63, 3.8) is 0 Å². The topological polar surface area (TPSA) is 99.0 Å². The van der Waals surface area contributed by atoms with Crippen molar-refractivity contribution in [3.8, 4) is 17.2 Å². The van der Waals surface area contributed by atoms with Crippen LogP contribution in [0.5, 0.6) is 11.5 Å². The number of aromatic nitrogens is 5. The van der Waals surface area contributed by atoms with Gasteiger partial charge in [0.05, 0.1) is 17.3 Å². The monoisotopic (exact) mass is 437 g/mol. The lowest BCUT2D eigenvalue weighted by Gasteiger charge is -2.11. The molecule has 0 amide bonds. The molecule has 0 bridgehead atoms. The average Bonchev–Trinajstić information content (AvgIpc) is 3.51. The van der Waals surface area contributed by atoms with E-state index in [1.807, 2.05) is 66.9 Å². The van der Waals surface area contributed by atoms with Crippen LogP contribution in [-0.2, 0) is 6.54 Å². The van der Waals surface area contributed by atoms with Gasteiger partial charge in [-0.1, -0.05) is 24.3 Å². The van der Waals surface area contributed by atoms with Crippen LogP contribution in [0.3, 0.4) is 0 Å². The molecule has 33 heavy (non-hydrogen) atoms. The summed E-state index contributed by atoms with van der Waals surface area (Å²) in [5.41, 5.74) is 3.46. The normalized spacial score (nSPS) is 12.1. The van der Waals surface area contributed by atoms with Crippen LogP contribution in [0.15, 0.2) is 79.3 Å². The lowest BCUT2D eigenvalue weighted by molar-refractivity contribution is 0.174. The molecule has 0 spiro atoms. The summed E-state index contributed by atoms with van der Waals surface area (Å²) < 4.78 is 12.7. The fourth-order valence-corrected chi connectivity index (χ4v) is 3.64. The highest BCUT2D eigenvalue weighted by molar-refractivity contribution is 5.90. The van der Waals surface area contributed by atoms with Gasteiger partial charge in [-0.2, -0.15) is 15.1 Å². The maximum Gasteiger partial charge on any atom is 0.231 e. The van der Waals surface area contributed by atoms with E-state index in [0.29, 0.717) is 29.7 Å². The second-order valence-corrected chi connectivity index (χ2v) is 7.43. The van der Waals surface area contributed by atoms with Crippen molar-refractivity contribution in [1.82, 2.24) is 24.7 Å². The van der Waals surface area contributed by atoms with Crippen molar-refractivity contribution in [2.75, 3.05) is 17.4 Å². The van der Waals surface area contributed by atoms with Gasteiger partial charge in [0.25, 0.3) is 0 Å². The van der Waals surface area contributed by atoms with Gasteiger partial charge in [-0.25, -0.2) is 4.68 Å². The third-order valence-corrected chi connectivity index (χ3v) is 5.24. The zero-order valence-corrected chi connectivity index (χ0v) is 17.5. The third-order valence-electron chi connectivity index (χ3n) is 5.24. The second-order valence-electron chi connectivity index (χ2n) is 7.43. The molecule has 0 saturated carbocycles. The molecular weight excluding hydrogens is 418 g/mol. The molecule has 162 valence electrons. The Morgan fingerprint density at radius 1 is 0.909 bits per heavy atom. The molecule has 0 unspecified atom stereocenters. The SMILES string of the molecule is c1ccc(-n2ncc3c(Nc4ccc5c(c4)OCO5)nc(NCc4cccnc4)nc32)cc1. The first-order valence-electron chi connectivity index (χ1n) is 10.4. The number of pyridine rings is 1.